The van der Waals surface area contributed by atoms with Crippen molar-refractivity contribution in [3.05, 3.63) is 95.1 Å². The van der Waals surface area contributed by atoms with Crippen molar-refractivity contribution >= 4 is 28.8 Å². The van der Waals surface area contributed by atoms with Crippen molar-refractivity contribution in [3.8, 4) is 5.75 Å². The lowest BCUT2D eigenvalue weighted by molar-refractivity contribution is -0.132. The van der Waals surface area contributed by atoms with Gasteiger partial charge in [-0.25, -0.2) is 0 Å². The standard InChI is InChI=1S/C27H26N2O4/c1-17-8-5-6-11-22(17)29-24(18-12-14-20(15-13-18)28(2)3)23(26(31)27(29)32)25(30)19-9-7-10-21(16-19)33-4/h5-16,24,30H,1-4H3/b25-23-. The topological polar surface area (TPSA) is 70.1 Å². The van der Waals surface area contributed by atoms with Crippen LogP contribution < -0.4 is 14.5 Å². The second kappa shape index (κ2) is 8.82. The van der Waals surface area contributed by atoms with Gasteiger partial charge in [-0.05, 0) is 48.4 Å². The Morgan fingerprint density at radius 3 is 2.30 bits per heavy atom. The van der Waals surface area contributed by atoms with Crippen LogP contribution in [0.2, 0.25) is 0 Å². The number of ether oxygens (including phenoxy) is 1. The third-order valence-corrected chi connectivity index (χ3v) is 5.89. The molecule has 3 aromatic carbocycles. The number of hydrogen-bond donors (Lipinski definition) is 1. The Bertz CT molecular complexity index is 1240. The lowest BCUT2D eigenvalue weighted by Crippen LogP contribution is -2.30. The number of hydrogen-bond acceptors (Lipinski definition) is 5. The highest BCUT2D eigenvalue weighted by molar-refractivity contribution is 6.51. The van der Waals surface area contributed by atoms with Crippen LogP contribution in [0.3, 0.4) is 0 Å². The number of ketones is 1. The SMILES string of the molecule is COc1cccc(/C(O)=C2/C(=O)C(=O)N(c3ccccc3C)C2c2ccc(N(C)C)cc2)c1. The molecule has 1 aliphatic rings. The number of methoxy groups -OCH3 is 1. The maximum Gasteiger partial charge on any atom is 0.300 e. The highest BCUT2D eigenvalue weighted by Crippen LogP contribution is 2.43. The van der Waals surface area contributed by atoms with E-state index in [4.69, 9.17) is 4.74 Å². The van der Waals surface area contributed by atoms with E-state index in [0.29, 0.717) is 17.0 Å². The number of aryl methyl sites for hydroxylation is 1. The predicted octanol–water partition coefficient (Wildman–Crippen LogP) is 4.70. The van der Waals surface area contributed by atoms with E-state index < -0.39 is 17.7 Å². The molecule has 1 fully saturated rings. The molecule has 1 aliphatic heterocycles. The molecule has 1 N–H and O–H groups in total. The summed E-state index contributed by atoms with van der Waals surface area (Å²) in [5.41, 5.74) is 3.66. The second-order valence-electron chi connectivity index (χ2n) is 8.17. The zero-order valence-electron chi connectivity index (χ0n) is 19.1. The van der Waals surface area contributed by atoms with Gasteiger partial charge in [-0.3, -0.25) is 14.5 Å². The summed E-state index contributed by atoms with van der Waals surface area (Å²) in [7, 11) is 5.41. The lowest BCUT2D eigenvalue weighted by Gasteiger charge is -2.27. The average molecular weight is 443 g/mol. The Morgan fingerprint density at radius 1 is 0.970 bits per heavy atom. The van der Waals surface area contributed by atoms with Crippen LogP contribution in [0.5, 0.6) is 5.75 Å². The number of para-hydroxylation sites is 1. The fourth-order valence-corrected chi connectivity index (χ4v) is 4.11. The molecule has 6 heteroatoms. The van der Waals surface area contributed by atoms with E-state index in [9.17, 15) is 14.7 Å². The number of nitrogens with zero attached hydrogens (tertiary/aromatic N) is 2. The molecule has 1 unspecified atom stereocenters. The first kappa shape index (κ1) is 22.1. The normalized spacial score (nSPS) is 17.3. The molecule has 0 saturated carbocycles. The highest BCUT2D eigenvalue weighted by atomic mass is 16.5. The molecular formula is C27H26N2O4. The number of aliphatic hydroxyl groups is 1. The molecule has 1 saturated heterocycles. The summed E-state index contributed by atoms with van der Waals surface area (Å²) in [4.78, 5) is 30.0. The summed E-state index contributed by atoms with van der Waals surface area (Å²) in [6.45, 7) is 1.89. The smallest absolute Gasteiger partial charge is 0.300 e. The molecule has 0 spiro atoms. The number of carbonyl (C=O) groups is 2. The maximum absolute atomic E-state index is 13.3. The number of rotatable bonds is 5. The summed E-state index contributed by atoms with van der Waals surface area (Å²) in [5, 5.41) is 11.3. The molecule has 33 heavy (non-hydrogen) atoms. The van der Waals surface area contributed by atoms with Gasteiger partial charge in [0.15, 0.2) is 0 Å². The van der Waals surface area contributed by atoms with Crippen molar-refractivity contribution in [2.75, 3.05) is 31.0 Å². The lowest BCUT2D eigenvalue weighted by atomic mass is 9.94. The van der Waals surface area contributed by atoms with Gasteiger partial charge in [0.05, 0.1) is 18.7 Å². The minimum Gasteiger partial charge on any atom is -0.507 e. The van der Waals surface area contributed by atoms with E-state index in [0.717, 1.165) is 16.8 Å². The largest absolute Gasteiger partial charge is 0.507 e. The van der Waals surface area contributed by atoms with Gasteiger partial charge in [0.1, 0.15) is 11.5 Å². The van der Waals surface area contributed by atoms with Gasteiger partial charge in [0, 0.05) is 31.0 Å². The Hall–Kier alpha value is -4.06. The van der Waals surface area contributed by atoms with Gasteiger partial charge in [-0.1, -0.05) is 42.5 Å². The van der Waals surface area contributed by atoms with Crippen LogP contribution >= 0.6 is 0 Å². The molecule has 6 nitrogen and oxygen atoms in total. The highest BCUT2D eigenvalue weighted by Gasteiger charge is 2.47. The minimum absolute atomic E-state index is 0.0501. The van der Waals surface area contributed by atoms with Crippen molar-refractivity contribution in [1.82, 2.24) is 0 Å². The third kappa shape index (κ3) is 3.96. The first-order valence-electron chi connectivity index (χ1n) is 10.6. The Balaban J connectivity index is 1.95. The second-order valence-corrected chi connectivity index (χ2v) is 8.17. The van der Waals surface area contributed by atoms with Crippen molar-refractivity contribution < 1.29 is 19.4 Å². The summed E-state index contributed by atoms with van der Waals surface area (Å²) in [5.74, 6) is -1.08. The molecule has 168 valence electrons. The summed E-state index contributed by atoms with van der Waals surface area (Å²) in [6.07, 6.45) is 0. The third-order valence-electron chi connectivity index (χ3n) is 5.89. The zero-order chi connectivity index (χ0) is 23.7. The van der Waals surface area contributed by atoms with Crippen LogP contribution in [0.1, 0.15) is 22.7 Å². The average Bonchev–Trinajstić information content (AvgIpc) is 3.09. The van der Waals surface area contributed by atoms with E-state index in [1.165, 1.54) is 12.0 Å². The van der Waals surface area contributed by atoms with Gasteiger partial charge in [-0.15, -0.1) is 0 Å². The van der Waals surface area contributed by atoms with Crippen LogP contribution in [-0.4, -0.2) is 38.0 Å². The fourth-order valence-electron chi connectivity index (χ4n) is 4.11. The van der Waals surface area contributed by atoms with Gasteiger partial charge in [0.25, 0.3) is 11.7 Å². The Kier molecular flexibility index (Phi) is 5.92. The van der Waals surface area contributed by atoms with E-state index in [-0.39, 0.29) is 11.3 Å². The number of Topliss-reactive ketones (excluding diaryl/α,β-unsaturated/α-hetero) is 1. The first-order chi connectivity index (χ1) is 15.8. The molecule has 1 atom stereocenters. The van der Waals surface area contributed by atoms with Crippen molar-refractivity contribution in [2.24, 2.45) is 0 Å². The fraction of sp³-hybridized carbons (Fsp3) is 0.185. The molecule has 1 amide bonds. The molecule has 0 aliphatic carbocycles. The summed E-state index contributed by atoms with van der Waals surface area (Å²) in [6, 6.07) is 21.1. The van der Waals surface area contributed by atoms with Gasteiger partial charge in [-0.2, -0.15) is 0 Å². The van der Waals surface area contributed by atoms with Crippen molar-refractivity contribution in [3.63, 3.8) is 0 Å². The molecule has 0 radical (unpaired) electrons. The van der Waals surface area contributed by atoms with E-state index in [2.05, 4.69) is 0 Å². The molecular weight excluding hydrogens is 416 g/mol. The van der Waals surface area contributed by atoms with Gasteiger partial charge < -0.3 is 14.7 Å². The van der Waals surface area contributed by atoms with Crippen LogP contribution in [0.15, 0.2) is 78.4 Å². The maximum atomic E-state index is 13.3. The van der Waals surface area contributed by atoms with Crippen LogP contribution in [0.4, 0.5) is 11.4 Å². The minimum atomic E-state index is -0.770. The number of carbonyl (C=O) groups excluding carboxylic acids is 2. The van der Waals surface area contributed by atoms with Crippen LogP contribution in [0.25, 0.3) is 5.76 Å². The summed E-state index contributed by atoms with van der Waals surface area (Å²) < 4.78 is 5.27. The number of anilines is 2. The molecule has 4 rings (SSSR count). The molecule has 0 bridgehead atoms. The van der Waals surface area contributed by atoms with Gasteiger partial charge >= 0.3 is 0 Å². The monoisotopic (exact) mass is 442 g/mol. The Morgan fingerprint density at radius 2 is 1.67 bits per heavy atom. The number of aliphatic hydroxyl groups excluding tert-OH is 1. The first-order valence-corrected chi connectivity index (χ1v) is 10.6. The molecule has 0 aromatic heterocycles. The quantitative estimate of drug-likeness (QED) is 0.353. The predicted molar refractivity (Wildman–Crippen MR) is 130 cm³/mol. The van der Waals surface area contributed by atoms with E-state index >= 15 is 0 Å². The van der Waals surface area contributed by atoms with Crippen molar-refractivity contribution in [1.29, 1.82) is 0 Å². The van der Waals surface area contributed by atoms with Crippen molar-refractivity contribution in [2.45, 2.75) is 13.0 Å². The van der Waals surface area contributed by atoms with Crippen LogP contribution in [-0.2, 0) is 9.59 Å². The molecule has 3 aromatic rings. The number of benzene rings is 3. The van der Waals surface area contributed by atoms with E-state index in [1.54, 1.807) is 24.3 Å². The number of amides is 1. The van der Waals surface area contributed by atoms with E-state index in [1.807, 2.05) is 74.4 Å². The Labute approximate surface area is 193 Å². The molecule has 1 heterocycles. The van der Waals surface area contributed by atoms with Crippen LogP contribution in [0, 0.1) is 6.92 Å². The summed E-state index contributed by atoms with van der Waals surface area (Å²) >= 11 is 0. The zero-order valence-corrected chi connectivity index (χ0v) is 19.1. The van der Waals surface area contributed by atoms with Gasteiger partial charge in [0.2, 0.25) is 0 Å².